The predicted molar refractivity (Wildman–Crippen MR) is 99.6 cm³/mol. The minimum atomic E-state index is -2.94. The third-order valence-electron chi connectivity index (χ3n) is 3.63. The van der Waals surface area contributed by atoms with Gasteiger partial charge in [-0.1, -0.05) is 11.6 Å². The van der Waals surface area contributed by atoms with Crippen LogP contribution in [0.2, 0.25) is 0 Å². The molecule has 0 aromatic heterocycles. The van der Waals surface area contributed by atoms with E-state index in [0.29, 0.717) is 17.0 Å². The number of ether oxygens (including phenoxy) is 2. The van der Waals surface area contributed by atoms with E-state index in [2.05, 4.69) is 20.6 Å². The van der Waals surface area contributed by atoms with E-state index < -0.39 is 6.61 Å². The lowest BCUT2D eigenvalue weighted by Gasteiger charge is -2.11. The molecule has 0 aliphatic heterocycles. The van der Waals surface area contributed by atoms with Crippen LogP contribution in [0.25, 0.3) is 0 Å². The Bertz CT molecular complexity index is 808. The van der Waals surface area contributed by atoms with Gasteiger partial charge in [0.15, 0.2) is 0 Å². The Morgan fingerprint density at radius 3 is 2.52 bits per heavy atom. The number of anilines is 1. The SMILES string of the molecule is COc1ccc(NCC(=O)N/N=C(/C)c2cc(C)ccc2OC(F)F)cc1. The van der Waals surface area contributed by atoms with Gasteiger partial charge in [0.25, 0.3) is 5.91 Å². The Morgan fingerprint density at radius 1 is 1.19 bits per heavy atom. The van der Waals surface area contributed by atoms with Crippen molar-refractivity contribution in [1.29, 1.82) is 0 Å². The van der Waals surface area contributed by atoms with E-state index in [1.54, 1.807) is 50.4 Å². The van der Waals surface area contributed by atoms with Crippen LogP contribution in [0.1, 0.15) is 18.1 Å². The number of rotatable bonds is 8. The van der Waals surface area contributed by atoms with Gasteiger partial charge in [0.05, 0.1) is 19.4 Å². The number of benzene rings is 2. The van der Waals surface area contributed by atoms with Gasteiger partial charge in [-0.25, -0.2) is 5.43 Å². The minimum Gasteiger partial charge on any atom is -0.497 e. The molecule has 0 heterocycles. The highest BCUT2D eigenvalue weighted by atomic mass is 19.3. The van der Waals surface area contributed by atoms with E-state index in [1.807, 2.05) is 6.92 Å². The summed E-state index contributed by atoms with van der Waals surface area (Å²) in [5.74, 6) is 0.335. The van der Waals surface area contributed by atoms with E-state index >= 15 is 0 Å². The van der Waals surface area contributed by atoms with E-state index in [1.165, 1.54) is 6.07 Å². The second-order valence-corrected chi connectivity index (χ2v) is 5.69. The normalized spacial score (nSPS) is 11.3. The number of carbonyl (C=O) groups excluding carboxylic acids is 1. The first-order chi connectivity index (χ1) is 12.9. The Hall–Kier alpha value is -3.16. The van der Waals surface area contributed by atoms with Crippen LogP contribution in [0.5, 0.6) is 11.5 Å². The van der Waals surface area contributed by atoms with E-state index in [9.17, 15) is 13.6 Å². The lowest BCUT2D eigenvalue weighted by Crippen LogP contribution is -2.26. The van der Waals surface area contributed by atoms with Gasteiger partial charge in [-0.3, -0.25) is 4.79 Å². The van der Waals surface area contributed by atoms with Crippen molar-refractivity contribution in [2.45, 2.75) is 20.5 Å². The number of hydrogen-bond donors (Lipinski definition) is 2. The highest BCUT2D eigenvalue weighted by Gasteiger charge is 2.12. The topological polar surface area (TPSA) is 72.0 Å². The average Bonchev–Trinajstić information content (AvgIpc) is 2.65. The minimum absolute atomic E-state index is 0.00227. The summed E-state index contributed by atoms with van der Waals surface area (Å²) in [6.45, 7) is 0.476. The van der Waals surface area contributed by atoms with Gasteiger partial charge in [0, 0.05) is 11.3 Å². The molecule has 0 aliphatic rings. The van der Waals surface area contributed by atoms with Crippen molar-refractivity contribution in [3.63, 3.8) is 0 Å². The smallest absolute Gasteiger partial charge is 0.387 e. The van der Waals surface area contributed by atoms with Crippen LogP contribution in [-0.2, 0) is 4.79 Å². The highest BCUT2D eigenvalue weighted by molar-refractivity contribution is 6.01. The van der Waals surface area contributed by atoms with Crippen molar-refractivity contribution >= 4 is 17.3 Å². The molecule has 1 amide bonds. The van der Waals surface area contributed by atoms with Crippen LogP contribution in [0, 0.1) is 6.92 Å². The molecule has 0 bridgehead atoms. The van der Waals surface area contributed by atoms with Gasteiger partial charge in [-0.2, -0.15) is 13.9 Å². The van der Waals surface area contributed by atoms with Crippen LogP contribution in [0.3, 0.4) is 0 Å². The molecule has 0 atom stereocenters. The maximum absolute atomic E-state index is 12.5. The molecule has 6 nitrogen and oxygen atoms in total. The first-order valence-corrected chi connectivity index (χ1v) is 8.16. The van der Waals surface area contributed by atoms with Crippen LogP contribution < -0.4 is 20.2 Å². The van der Waals surface area contributed by atoms with Crippen LogP contribution in [-0.4, -0.2) is 31.9 Å². The van der Waals surface area contributed by atoms with Crippen LogP contribution >= 0.6 is 0 Å². The fourth-order valence-corrected chi connectivity index (χ4v) is 2.26. The molecular weight excluding hydrogens is 356 g/mol. The van der Waals surface area contributed by atoms with Crippen molar-refractivity contribution in [2.75, 3.05) is 19.0 Å². The second-order valence-electron chi connectivity index (χ2n) is 5.69. The average molecular weight is 377 g/mol. The predicted octanol–water partition coefficient (Wildman–Crippen LogP) is 3.56. The zero-order valence-corrected chi connectivity index (χ0v) is 15.3. The Labute approximate surface area is 156 Å². The van der Waals surface area contributed by atoms with Crippen molar-refractivity contribution < 1.29 is 23.0 Å². The van der Waals surface area contributed by atoms with E-state index in [0.717, 1.165) is 11.3 Å². The van der Waals surface area contributed by atoms with Crippen LogP contribution in [0.4, 0.5) is 14.5 Å². The third-order valence-corrected chi connectivity index (χ3v) is 3.63. The molecule has 8 heteroatoms. The summed E-state index contributed by atoms with van der Waals surface area (Å²) < 4.78 is 34.6. The zero-order valence-electron chi connectivity index (χ0n) is 15.3. The summed E-state index contributed by atoms with van der Waals surface area (Å²) in [7, 11) is 1.57. The van der Waals surface area contributed by atoms with Crippen LogP contribution in [0.15, 0.2) is 47.6 Å². The monoisotopic (exact) mass is 377 g/mol. The molecule has 2 aromatic rings. The first-order valence-electron chi connectivity index (χ1n) is 8.16. The maximum Gasteiger partial charge on any atom is 0.387 e. The summed E-state index contributed by atoms with van der Waals surface area (Å²) >= 11 is 0. The van der Waals surface area contributed by atoms with E-state index in [-0.39, 0.29) is 18.2 Å². The van der Waals surface area contributed by atoms with Gasteiger partial charge >= 0.3 is 6.61 Å². The van der Waals surface area contributed by atoms with Crippen molar-refractivity contribution in [3.05, 3.63) is 53.6 Å². The molecule has 0 aliphatic carbocycles. The van der Waals surface area contributed by atoms with Gasteiger partial charge in [0.2, 0.25) is 0 Å². The molecule has 2 N–H and O–H groups in total. The van der Waals surface area contributed by atoms with E-state index in [4.69, 9.17) is 4.74 Å². The lowest BCUT2D eigenvalue weighted by atomic mass is 10.1. The number of carbonyl (C=O) groups is 1. The summed E-state index contributed by atoms with van der Waals surface area (Å²) in [6.07, 6.45) is 0. The number of nitrogens with one attached hydrogen (secondary N) is 2. The molecule has 144 valence electrons. The number of alkyl halides is 2. The standard InChI is InChI=1S/C19H21F2N3O3/c1-12-4-9-17(27-19(20)21)16(10-12)13(2)23-24-18(25)11-22-14-5-7-15(26-3)8-6-14/h4-10,19,22H,11H2,1-3H3,(H,24,25)/b23-13-. The van der Waals surface area contributed by atoms with Crippen molar-refractivity contribution in [2.24, 2.45) is 5.10 Å². The quantitative estimate of drug-likeness (QED) is 0.545. The van der Waals surface area contributed by atoms with Gasteiger partial charge in [0.1, 0.15) is 11.5 Å². The Kier molecular flexibility index (Phi) is 7.10. The summed E-state index contributed by atoms with van der Waals surface area (Å²) in [6, 6.07) is 11.9. The summed E-state index contributed by atoms with van der Waals surface area (Å²) in [5.41, 5.74) is 4.74. The molecule has 0 radical (unpaired) electrons. The van der Waals surface area contributed by atoms with Gasteiger partial charge < -0.3 is 14.8 Å². The number of amides is 1. The Balaban J connectivity index is 1.97. The van der Waals surface area contributed by atoms with Gasteiger partial charge in [-0.05, 0) is 50.2 Å². The first kappa shape index (κ1) is 20.2. The highest BCUT2D eigenvalue weighted by Crippen LogP contribution is 2.22. The number of aryl methyl sites for hydroxylation is 1. The number of halogens is 2. The third kappa shape index (κ3) is 6.25. The fraction of sp³-hybridized carbons (Fsp3) is 0.263. The summed E-state index contributed by atoms with van der Waals surface area (Å²) in [5, 5.41) is 6.92. The van der Waals surface area contributed by atoms with Crippen molar-refractivity contribution in [1.82, 2.24) is 5.43 Å². The fourth-order valence-electron chi connectivity index (χ4n) is 2.26. The largest absolute Gasteiger partial charge is 0.497 e. The zero-order chi connectivity index (χ0) is 19.8. The molecule has 0 spiro atoms. The van der Waals surface area contributed by atoms with Crippen molar-refractivity contribution in [3.8, 4) is 11.5 Å². The summed E-state index contributed by atoms with van der Waals surface area (Å²) in [4.78, 5) is 11.9. The molecule has 27 heavy (non-hydrogen) atoms. The molecule has 0 fully saturated rings. The number of hydrogen-bond acceptors (Lipinski definition) is 5. The molecular formula is C19H21F2N3O3. The maximum atomic E-state index is 12.5. The molecule has 0 saturated carbocycles. The molecule has 2 aromatic carbocycles. The lowest BCUT2D eigenvalue weighted by molar-refractivity contribution is -0.119. The second kappa shape index (κ2) is 9.51. The van der Waals surface area contributed by atoms with Gasteiger partial charge in [-0.15, -0.1) is 0 Å². The number of hydrazone groups is 1. The number of methoxy groups -OCH3 is 1. The Morgan fingerprint density at radius 2 is 1.89 bits per heavy atom. The molecule has 0 saturated heterocycles. The molecule has 2 rings (SSSR count). The molecule has 0 unspecified atom stereocenters. The number of nitrogens with zero attached hydrogens (tertiary/aromatic N) is 1.